The van der Waals surface area contributed by atoms with Gasteiger partial charge in [-0.25, -0.2) is 0 Å². The number of hydrogen-bond donors (Lipinski definition) is 1. The Kier molecular flexibility index (Phi) is 8.00. The lowest BCUT2D eigenvalue weighted by Crippen LogP contribution is -2.40. The van der Waals surface area contributed by atoms with E-state index in [1.54, 1.807) is 0 Å². The molecule has 1 aliphatic heterocycles. The van der Waals surface area contributed by atoms with Crippen LogP contribution in [-0.4, -0.2) is 39.7 Å². The lowest BCUT2D eigenvalue weighted by atomic mass is 9.86. The van der Waals surface area contributed by atoms with E-state index >= 15 is 0 Å². The summed E-state index contributed by atoms with van der Waals surface area (Å²) in [6, 6.07) is 7.25. The van der Waals surface area contributed by atoms with Gasteiger partial charge in [-0.1, -0.05) is 13.0 Å². The van der Waals surface area contributed by atoms with Gasteiger partial charge in [0.25, 0.3) is 0 Å². The average molecular weight is 407 g/mol. The molecule has 1 saturated heterocycles. The zero-order chi connectivity index (χ0) is 20.9. The van der Waals surface area contributed by atoms with Crippen LogP contribution in [0, 0.1) is 0 Å². The Hall–Kier alpha value is -1.04. The van der Waals surface area contributed by atoms with Crippen molar-refractivity contribution in [3.8, 4) is 0 Å². The molecule has 4 nitrogen and oxygen atoms in total. The average Bonchev–Trinajstić information content (AvgIpc) is 2.60. The zero-order valence-corrected chi connectivity index (χ0v) is 20.2. The van der Waals surface area contributed by atoms with Gasteiger partial charge in [-0.2, -0.15) is 0 Å². The minimum Gasteiger partial charge on any atom is -0.413 e. The van der Waals surface area contributed by atoms with Crippen LogP contribution in [0.4, 0.5) is 11.4 Å². The topological polar surface area (TPSA) is 47.7 Å². The van der Waals surface area contributed by atoms with Gasteiger partial charge in [-0.05, 0) is 89.7 Å². The van der Waals surface area contributed by atoms with Crippen molar-refractivity contribution in [3.05, 3.63) is 23.8 Å². The molecule has 1 aliphatic rings. The molecule has 5 heteroatoms. The molecule has 2 N–H and O–H groups in total. The number of nitrogen functional groups attached to an aromatic ring is 1. The highest BCUT2D eigenvalue weighted by atomic mass is 28.4. The van der Waals surface area contributed by atoms with Crippen molar-refractivity contribution < 1.29 is 9.16 Å². The number of benzene rings is 1. The Labute approximate surface area is 173 Å². The highest BCUT2D eigenvalue weighted by molar-refractivity contribution is 6.69. The molecule has 0 aliphatic carbocycles. The van der Waals surface area contributed by atoms with Crippen LogP contribution >= 0.6 is 0 Å². The fourth-order valence-corrected chi connectivity index (χ4v) is 6.41. The van der Waals surface area contributed by atoms with Gasteiger partial charge in [0, 0.05) is 25.8 Å². The molecule has 28 heavy (non-hydrogen) atoms. The van der Waals surface area contributed by atoms with E-state index in [0.717, 1.165) is 51.1 Å². The summed E-state index contributed by atoms with van der Waals surface area (Å²) in [4.78, 5) is 2.46. The Morgan fingerprint density at radius 3 is 2.36 bits per heavy atom. The van der Waals surface area contributed by atoms with Gasteiger partial charge in [-0.15, -0.1) is 0 Å². The van der Waals surface area contributed by atoms with Crippen LogP contribution in [0.25, 0.3) is 0 Å². The van der Waals surface area contributed by atoms with E-state index < -0.39 is 8.32 Å². The monoisotopic (exact) mass is 406 g/mol. The van der Waals surface area contributed by atoms with Crippen molar-refractivity contribution in [2.75, 3.05) is 30.4 Å². The minimum atomic E-state index is -1.57. The first-order valence-electron chi connectivity index (χ1n) is 11.0. The number of ether oxygens (including phenoxy) is 1. The van der Waals surface area contributed by atoms with Crippen LogP contribution < -0.4 is 10.6 Å². The summed E-state index contributed by atoms with van der Waals surface area (Å²) in [5.74, 6) is 0.459. The number of anilines is 2. The molecule has 1 aromatic rings. The number of hydrogen-bond acceptors (Lipinski definition) is 4. The van der Waals surface area contributed by atoms with E-state index in [1.807, 2.05) is 0 Å². The molecule has 0 aromatic heterocycles. The fourth-order valence-electron chi connectivity index (χ4n) is 4.67. The van der Waals surface area contributed by atoms with Crippen molar-refractivity contribution >= 4 is 19.7 Å². The molecule has 1 unspecified atom stereocenters. The second kappa shape index (κ2) is 9.64. The Bertz CT molecular complexity index is 622. The zero-order valence-electron chi connectivity index (χ0n) is 19.2. The second-order valence-electron chi connectivity index (χ2n) is 9.73. The maximum absolute atomic E-state index is 6.57. The van der Waals surface area contributed by atoms with Gasteiger partial charge in [0.05, 0.1) is 17.0 Å². The van der Waals surface area contributed by atoms with Crippen molar-refractivity contribution in [2.24, 2.45) is 0 Å². The van der Waals surface area contributed by atoms with Gasteiger partial charge >= 0.3 is 0 Å². The molecule has 160 valence electrons. The van der Waals surface area contributed by atoms with Crippen LogP contribution in [0.2, 0.25) is 19.6 Å². The van der Waals surface area contributed by atoms with E-state index in [1.165, 1.54) is 11.3 Å². The fraction of sp³-hybridized carbons (Fsp3) is 0.739. The molecule has 1 atom stereocenters. The standard InChI is InChI=1S/C23H42N2O2Si/c1-8-18(17-23(3,4)27-28(5,6)7)19-10-11-22(21(24)16-19)25(9-2)20-12-14-26-15-13-20/h10-11,16,18,20H,8-9,12-15,17,24H2,1-7H3. The van der Waals surface area contributed by atoms with E-state index in [9.17, 15) is 0 Å². The quantitative estimate of drug-likeness (QED) is 0.416. The molecular formula is C23H42N2O2Si. The third-order valence-corrected chi connectivity index (χ3v) is 6.78. The van der Waals surface area contributed by atoms with E-state index in [2.05, 4.69) is 70.4 Å². The Balaban J connectivity index is 2.18. The lowest BCUT2D eigenvalue weighted by Gasteiger charge is -2.37. The normalized spacial score (nSPS) is 17.5. The number of nitrogens with two attached hydrogens (primary N) is 1. The molecule has 0 bridgehead atoms. The van der Waals surface area contributed by atoms with Crippen LogP contribution in [0.3, 0.4) is 0 Å². The molecule has 0 spiro atoms. The summed E-state index contributed by atoms with van der Waals surface area (Å²) in [5.41, 5.74) is 9.85. The van der Waals surface area contributed by atoms with Gasteiger partial charge in [0.1, 0.15) is 0 Å². The summed E-state index contributed by atoms with van der Waals surface area (Å²) < 4.78 is 12.0. The van der Waals surface area contributed by atoms with Gasteiger partial charge in [0.2, 0.25) is 0 Å². The van der Waals surface area contributed by atoms with Crippen molar-refractivity contribution in [2.45, 2.75) is 90.6 Å². The third-order valence-electron chi connectivity index (χ3n) is 5.62. The molecule has 1 fully saturated rings. The number of rotatable bonds is 9. The largest absolute Gasteiger partial charge is 0.413 e. The van der Waals surface area contributed by atoms with Crippen molar-refractivity contribution in [1.82, 2.24) is 0 Å². The van der Waals surface area contributed by atoms with Crippen LogP contribution in [-0.2, 0) is 9.16 Å². The smallest absolute Gasteiger partial charge is 0.184 e. The summed E-state index contributed by atoms with van der Waals surface area (Å²) in [6.45, 7) is 18.4. The number of nitrogens with zero attached hydrogens (tertiary/aromatic N) is 1. The first kappa shape index (κ1) is 23.2. The molecule has 2 rings (SSSR count). The lowest BCUT2D eigenvalue weighted by molar-refractivity contribution is 0.0821. The van der Waals surface area contributed by atoms with E-state index in [4.69, 9.17) is 14.9 Å². The predicted octanol–water partition coefficient (Wildman–Crippen LogP) is 5.79. The van der Waals surface area contributed by atoms with Crippen LogP contribution in [0.1, 0.15) is 64.9 Å². The molecule has 0 amide bonds. The Morgan fingerprint density at radius 2 is 1.86 bits per heavy atom. The second-order valence-corrected chi connectivity index (χ2v) is 14.2. The van der Waals surface area contributed by atoms with Gasteiger partial charge in [-0.3, -0.25) is 0 Å². The molecule has 0 radical (unpaired) electrons. The molecule has 1 aromatic carbocycles. The van der Waals surface area contributed by atoms with Gasteiger partial charge in [0.15, 0.2) is 8.32 Å². The maximum Gasteiger partial charge on any atom is 0.184 e. The highest BCUT2D eigenvalue weighted by Crippen LogP contribution is 2.36. The van der Waals surface area contributed by atoms with Crippen molar-refractivity contribution in [3.63, 3.8) is 0 Å². The van der Waals surface area contributed by atoms with Gasteiger partial charge < -0.3 is 19.8 Å². The van der Waals surface area contributed by atoms with E-state index in [0.29, 0.717) is 12.0 Å². The maximum atomic E-state index is 6.57. The SMILES string of the molecule is CCC(CC(C)(C)O[Si](C)(C)C)c1ccc(N(CC)C2CCOCC2)c(N)c1. The third kappa shape index (κ3) is 6.50. The summed E-state index contributed by atoms with van der Waals surface area (Å²) >= 11 is 0. The summed E-state index contributed by atoms with van der Waals surface area (Å²) in [7, 11) is -1.57. The van der Waals surface area contributed by atoms with Crippen LogP contribution in [0.15, 0.2) is 18.2 Å². The summed E-state index contributed by atoms with van der Waals surface area (Å²) in [5, 5.41) is 0. The first-order valence-corrected chi connectivity index (χ1v) is 14.4. The predicted molar refractivity (Wildman–Crippen MR) is 124 cm³/mol. The highest BCUT2D eigenvalue weighted by Gasteiger charge is 2.30. The molecular weight excluding hydrogens is 364 g/mol. The Morgan fingerprint density at radius 1 is 1.21 bits per heavy atom. The minimum absolute atomic E-state index is 0.115. The van der Waals surface area contributed by atoms with Crippen LogP contribution in [0.5, 0.6) is 0 Å². The van der Waals surface area contributed by atoms with E-state index in [-0.39, 0.29) is 5.60 Å². The first-order chi connectivity index (χ1) is 13.1. The van der Waals surface area contributed by atoms with Crippen molar-refractivity contribution in [1.29, 1.82) is 0 Å². The molecule has 0 saturated carbocycles. The summed E-state index contributed by atoms with van der Waals surface area (Å²) in [6.07, 6.45) is 4.27. The molecule has 1 heterocycles.